The number of nitrogens with zero attached hydrogens (tertiary/aromatic N) is 3. The van der Waals surface area contributed by atoms with Gasteiger partial charge in [-0.3, -0.25) is 19.3 Å². The molecule has 0 aliphatic carbocycles. The van der Waals surface area contributed by atoms with Crippen molar-refractivity contribution in [3.8, 4) is 5.75 Å². The van der Waals surface area contributed by atoms with Gasteiger partial charge in [-0.15, -0.1) is 0 Å². The lowest BCUT2D eigenvalue weighted by Crippen LogP contribution is -2.45. The molecule has 2 aromatic rings. The number of hydrogen-bond acceptors (Lipinski definition) is 6. The molecule has 1 unspecified atom stereocenters. The van der Waals surface area contributed by atoms with Crippen molar-refractivity contribution in [3.63, 3.8) is 0 Å². The molecule has 0 aromatic heterocycles. The highest BCUT2D eigenvalue weighted by Gasteiger charge is 2.47. The summed E-state index contributed by atoms with van der Waals surface area (Å²) in [7, 11) is 0. The first kappa shape index (κ1) is 30.0. The fourth-order valence-electron chi connectivity index (χ4n) is 6.88. The van der Waals surface area contributed by atoms with Gasteiger partial charge in [0.05, 0.1) is 19.1 Å². The van der Waals surface area contributed by atoms with Crippen molar-refractivity contribution in [2.45, 2.75) is 70.4 Å². The Bertz CT molecular complexity index is 1280. The van der Waals surface area contributed by atoms with E-state index in [2.05, 4.69) is 17.9 Å². The van der Waals surface area contributed by atoms with Crippen LogP contribution in [0.1, 0.15) is 68.1 Å². The number of hydrogen-bond donors (Lipinski definition) is 2. The summed E-state index contributed by atoms with van der Waals surface area (Å²) >= 11 is 0. The summed E-state index contributed by atoms with van der Waals surface area (Å²) < 4.78 is 5.70. The molecule has 0 saturated carbocycles. The Morgan fingerprint density at radius 1 is 1.14 bits per heavy atom. The molecule has 9 nitrogen and oxygen atoms in total. The average molecular weight is 577 g/mol. The second-order valence-corrected chi connectivity index (χ2v) is 11.8. The summed E-state index contributed by atoms with van der Waals surface area (Å²) in [4.78, 5) is 44.9. The molecule has 2 amide bonds. The van der Waals surface area contributed by atoms with Crippen LogP contribution in [0, 0.1) is 5.92 Å². The molecule has 5 rings (SSSR count). The Balaban J connectivity index is 1.40. The zero-order valence-electron chi connectivity index (χ0n) is 24.7. The van der Waals surface area contributed by atoms with Crippen LogP contribution in [0.2, 0.25) is 0 Å². The molecule has 3 N–H and O–H groups in total. The first-order valence-corrected chi connectivity index (χ1v) is 15.5. The van der Waals surface area contributed by atoms with Crippen LogP contribution in [0.25, 0.3) is 0 Å². The van der Waals surface area contributed by atoms with Gasteiger partial charge in [0.2, 0.25) is 11.8 Å². The van der Waals surface area contributed by atoms with Gasteiger partial charge in [-0.05, 0) is 60.6 Å². The number of anilines is 1. The van der Waals surface area contributed by atoms with E-state index in [1.165, 1.54) is 0 Å². The summed E-state index contributed by atoms with van der Waals surface area (Å²) in [6.45, 7) is 5.74. The van der Waals surface area contributed by atoms with Gasteiger partial charge in [0.15, 0.2) is 0 Å². The molecule has 0 bridgehead atoms. The predicted octanol–water partition coefficient (Wildman–Crippen LogP) is 3.78. The molecular formula is C33H44N4O5. The third-order valence-corrected chi connectivity index (χ3v) is 9.11. The monoisotopic (exact) mass is 576 g/mol. The standard InChI is InChI=1S/C33H44N4O5/c1-2-3-16-37(26-8-4-7-23(18-26)20-34)31(39)22-36-21-27(24-11-12-29-25(19-24)13-17-42-29)32(33(40)41)28(36)9-5-14-35-15-6-10-30(35)38/h4,7-8,11-12,18-19,27-28,32H,2-3,5-6,9-10,13-17,20-22,34H2,1H3,(H,40,41)/t27-,28+,32?/m1/s1. The Morgan fingerprint density at radius 3 is 2.74 bits per heavy atom. The Labute approximate surface area is 248 Å². The smallest absolute Gasteiger partial charge is 0.308 e. The van der Waals surface area contributed by atoms with E-state index in [-0.39, 0.29) is 30.3 Å². The van der Waals surface area contributed by atoms with E-state index in [0.29, 0.717) is 52.0 Å². The second-order valence-electron chi connectivity index (χ2n) is 11.8. The predicted molar refractivity (Wildman–Crippen MR) is 162 cm³/mol. The SMILES string of the molecule is CCCCN(C(=O)CN1C[C@H](c2ccc3c(c2)CCO3)C(C(=O)O)[C@@H]1CCCN1CCCC1=O)c1cccc(CN)c1. The van der Waals surface area contributed by atoms with Gasteiger partial charge in [0.1, 0.15) is 5.75 Å². The summed E-state index contributed by atoms with van der Waals surface area (Å²) in [6.07, 6.45) is 5.41. The lowest BCUT2D eigenvalue weighted by molar-refractivity contribution is -0.143. The molecule has 3 aliphatic rings. The molecule has 2 aromatic carbocycles. The zero-order chi connectivity index (χ0) is 29.6. The highest BCUT2D eigenvalue weighted by Crippen LogP contribution is 2.41. The lowest BCUT2D eigenvalue weighted by Gasteiger charge is -2.30. The minimum Gasteiger partial charge on any atom is -0.493 e. The van der Waals surface area contributed by atoms with E-state index < -0.39 is 11.9 Å². The maximum absolute atomic E-state index is 14.0. The number of carboxylic acids is 1. The minimum absolute atomic E-state index is 0.0375. The zero-order valence-corrected chi connectivity index (χ0v) is 24.7. The van der Waals surface area contributed by atoms with Crippen LogP contribution in [-0.4, -0.2) is 78.1 Å². The number of carbonyl (C=O) groups is 3. The average Bonchev–Trinajstić information content (AvgIpc) is 3.72. The van der Waals surface area contributed by atoms with Crippen molar-refractivity contribution in [1.29, 1.82) is 0 Å². The van der Waals surface area contributed by atoms with E-state index >= 15 is 0 Å². The van der Waals surface area contributed by atoms with E-state index in [1.54, 1.807) is 0 Å². The molecule has 42 heavy (non-hydrogen) atoms. The number of amides is 2. The van der Waals surface area contributed by atoms with Crippen LogP contribution in [0.15, 0.2) is 42.5 Å². The number of rotatable bonds is 13. The van der Waals surface area contributed by atoms with Crippen LogP contribution in [0.4, 0.5) is 5.69 Å². The van der Waals surface area contributed by atoms with Crippen molar-refractivity contribution in [3.05, 3.63) is 59.2 Å². The Kier molecular flexibility index (Phi) is 9.80. The molecule has 0 radical (unpaired) electrons. The number of likely N-dealkylation sites (tertiary alicyclic amines) is 2. The molecule has 2 fully saturated rings. The van der Waals surface area contributed by atoms with Gasteiger partial charge in [0, 0.05) is 63.2 Å². The fourth-order valence-corrected chi connectivity index (χ4v) is 6.88. The first-order chi connectivity index (χ1) is 20.4. The quantitative estimate of drug-likeness (QED) is 0.373. The number of carboxylic acid groups (broad SMARTS) is 1. The summed E-state index contributed by atoms with van der Waals surface area (Å²) in [5.41, 5.74) is 9.78. The Morgan fingerprint density at radius 2 is 2.00 bits per heavy atom. The Hall–Kier alpha value is -3.43. The highest BCUT2D eigenvalue weighted by atomic mass is 16.5. The third-order valence-electron chi connectivity index (χ3n) is 9.11. The summed E-state index contributed by atoms with van der Waals surface area (Å²) in [5, 5.41) is 10.6. The molecule has 2 saturated heterocycles. The number of nitrogens with two attached hydrogens (primary N) is 1. The highest BCUT2D eigenvalue weighted by molar-refractivity contribution is 5.95. The lowest BCUT2D eigenvalue weighted by atomic mass is 9.83. The van der Waals surface area contributed by atoms with Crippen molar-refractivity contribution < 1.29 is 24.2 Å². The van der Waals surface area contributed by atoms with E-state index in [4.69, 9.17) is 10.5 Å². The van der Waals surface area contributed by atoms with Crippen LogP contribution in [0.5, 0.6) is 5.75 Å². The van der Waals surface area contributed by atoms with Crippen molar-refractivity contribution in [1.82, 2.24) is 9.80 Å². The number of ether oxygens (including phenoxy) is 1. The van der Waals surface area contributed by atoms with Gasteiger partial charge < -0.3 is 25.4 Å². The first-order valence-electron chi connectivity index (χ1n) is 15.5. The van der Waals surface area contributed by atoms with Crippen LogP contribution >= 0.6 is 0 Å². The van der Waals surface area contributed by atoms with Gasteiger partial charge >= 0.3 is 5.97 Å². The molecule has 0 spiro atoms. The molecular weight excluding hydrogens is 532 g/mol. The third kappa shape index (κ3) is 6.63. The van der Waals surface area contributed by atoms with Crippen LogP contribution in [0.3, 0.4) is 0 Å². The van der Waals surface area contributed by atoms with Crippen molar-refractivity contribution in [2.24, 2.45) is 11.7 Å². The van der Waals surface area contributed by atoms with Crippen molar-refractivity contribution in [2.75, 3.05) is 44.2 Å². The largest absolute Gasteiger partial charge is 0.493 e. The maximum atomic E-state index is 14.0. The number of carbonyl (C=O) groups excluding carboxylic acids is 2. The normalized spacial score (nSPS) is 21.9. The van der Waals surface area contributed by atoms with Gasteiger partial charge in [-0.2, -0.15) is 0 Å². The number of fused-ring (bicyclic) bond motifs is 1. The molecule has 3 atom stereocenters. The minimum atomic E-state index is -0.840. The van der Waals surface area contributed by atoms with E-state index in [0.717, 1.165) is 60.4 Å². The van der Waals surface area contributed by atoms with Crippen LogP contribution < -0.4 is 15.4 Å². The molecule has 3 aliphatic heterocycles. The van der Waals surface area contributed by atoms with Gasteiger partial charge in [-0.1, -0.05) is 37.6 Å². The van der Waals surface area contributed by atoms with Gasteiger partial charge in [0.25, 0.3) is 0 Å². The summed E-state index contributed by atoms with van der Waals surface area (Å²) in [5.74, 6) is -0.736. The molecule has 3 heterocycles. The maximum Gasteiger partial charge on any atom is 0.308 e. The molecule has 9 heteroatoms. The number of benzene rings is 2. The van der Waals surface area contributed by atoms with E-state index in [1.807, 2.05) is 46.2 Å². The summed E-state index contributed by atoms with van der Waals surface area (Å²) in [6, 6.07) is 13.5. The molecule has 226 valence electrons. The number of unbranched alkanes of at least 4 members (excludes halogenated alkanes) is 1. The second kappa shape index (κ2) is 13.7. The van der Waals surface area contributed by atoms with Crippen molar-refractivity contribution >= 4 is 23.5 Å². The van der Waals surface area contributed by atoms with Gasteiger partial charge in [-0.25, -0.2) is 0 Å². The van der Waals surface area contributed by atoms with Crippen LogP contribution in [-0.2, 0) is 27.3 Å². The fraction of sp³-hybridized carbons (Fsp3) is 0.545. The van der Waals surface area contributed by atoms with E-state index in [9.17, 15) is 19.5 Å². The topological polar surface area (TPSA) is 116 Å². The number of aliphatic carboxylic acids is 1.